The molecule has 0 fully saturated rings. The van der Waals surface area contributed by atoms with Crippen LogP contribution in [-0.4, -0.2) is 17.2 Å². The summed E-state index contributed by atoms with van der Waals surface area (Å²) in [7, 11) is 1.48. The number of ether oxygens (including phenoxy) is 1. The Labute approximate surface area is 83.5 Å². The van der Waals surface area contributed by atoms with Crippen molar-refractivity contribution in [3.8, 4) is 5.88 Å². The molecule has 1 aromatic rings. The molecular weight excluding hydrogens is 245 g/mol. The van der Waals surface area contributed by atoms with Gasteiger partial charge < -0.3 is 9.84 Å². The molecule has 0 unspecified atom stereocenters. The molecule has 0 amide bonds. The first-order valence-electron chi connectivity index (χ1n) is 3.18. The van der Waals surface area contributed by atoms with Crippen LogP contribution >= 0.6 is 27.5 Å². The Kier molecular flexibility index (Phi) is 3.31. The summed E-state index contributed by atoms with van der Waals surface area (Å²) in [6.45, 7) is -0.186. The Morgan fingerprint density at radius 1 is 1.75 bits per heavy atom. The second kappa shape index (κ2) is 4.07. The summed E-state index contributed by atoms with van der Waals surface area (Å²) in [4.78, 5) is 3.91. The molecule has 1 N–H and O–H groups in total. The lowest BCUT2D eigenvalue weighted by Gasteiger charge is -2.07. The highest BCUT2D eigenvalue weighted by Crippen LogP contribution is 2.30. The lowest BCUT2D eigenvalue weighted by Crippen LogP contribution is -1.96. The minimum absolute atomic E-state index is 0.186. The molecule has 1 heterocycles. The summed E-state index contributed by atoms with van der Waals surface area (Å²) in [6.07, 6.45) is 1.53. The van der Waals surface area contributed by atoms with Crippen molar-refractivity contribution in [3.63, 3.8) is 0 Å². The largest absolute Gasteiger partial charge is 0.481 e. The number of rotatable bonds is 2. The molecule has 1 aromatic heterocycles. The third-order valence-corrected chi connectivity index (χ3v) is 2.64. The maximum absolute atomic E-state index is 8.93. The highest BCUT2D eigenvalue weighted by molar-refractivity contribution is 9.10. The van der Waals surface area contributed by atoms with Crippen LogP contribution in [0.4, 0.5) is 0 Å². The van der Waals surface area contributed by atoms with Gasteiger partial charge in [0.2, 0.25) is 5.88 Å². The molecule has 5 heteroatoms. The fourth-order valence-corrected chi connectivity index (χ4v) is 1.33. The lowest BCUT2D eigenvalue weighted by atomic mass is 10.3. The second-order valence-corrected chi connectivity index (χ2v) is 3.30. The van der Waals surface area contributed by atoms with Gasteiger partial charge in [-0.15, -0.1) is 0 Å². The Morgan fingerprint density at radius 2 is 2.42 bits per heavy atom. The van der Waals surface area contributed by atoms with Gasteiger partial charge in [-0.05, 0) is 15.9 Å². The number of pyridine rings is 1. The van der Waals surface area contributed by atoms with Crippen molar-refractivity contribution >= 4 is 27.5 Å². The van der Waals surface area contributed by atoms with Crippen LogP contribution in [0, 0.1) is 0 Å². The molecule has 1 rings (SSSR count). The molecule has 66 valence electrons. The van der Waals surface area contributed by atoms with Crippen LogP contribution in [0.3, 0.4) is 0 Å². The van der Waals surface area contributed by atoms with Gasteiger partial charge in [0.25, 0.3) is 0 Å². The van der Waals surface area contributed by atoms with Crippen molar-refractivity contribution in [1.29, 1.82) is 0 Å². The molecule has 0 atom stereocenters. The number of methoxy groups -OCH3 is 1. The van der Waals surface area contributed by atoms with Crippen LogP contribution in [-0.2, 0) is 6.61 Å². The fourth-order valence-electron chi connectivity index (χ4n) is 0.801. The summed E-state index contributed by atoms with van der Waals surface area (Å²) in [5, 5.41) is 9.36. The SMILES string of the molecule is COc1ncc(Br)c(Cl)c1CO. The van der Waals surface area contributed by atoms with Gasteiger partial charge >= 0.3 is 0 Å². The maximum atomic E-state index is 8.93. The van der Waals surface area contributed by atoms with Crippen LogP contribution in [0.25, 0.3) is 0 Å². The predicted molar refractivity (Wildman–Crippen MR) is 49.4 cm³/mol. The first-order valence-corrected chi connectivity index (χ1v) is 4.35. The summed E-state index contributed by atoms with van der Waals surface area (Å²) in [5.74, 6) is 0.353. The zero-order chi connectivity index (χ0) is 9.14. The van der Waals surface area contributed by atoms with Crippen molar-refractivity contribution < 1.29 is 9.84 Å². The molecule has 0 saturated heterocycles. The van der Waals surface area contributed by atoms with E-state index in [9.17, 15) is 0 Å². The molecule has 0 aliphatic carbocycles. The zero-order valence-electron chi connectivity index (χ0n) is 6.34. The van der Waals surface area contributed by atoms with Crippen molar-refractivity contribution in [2.45, 2.75) is 6.61 Å². The lowest BCUT2D eigenvalue weighted by molar-refractivity contribution is 0.271. The van der Waals surface area contributed by atoms with E-state index in [1.165, 1.54) is 13.3 Å². The molecule has 0 aliphatic rings. The van der Waals surface area contributed by atoms with E-state index in [4.69, 9.17) is 21.4 Å². The van der Waals surface area contributed by atoms with Gasteiger partial charge in [-0.25, -0.2) is 4.98 Å². The molecular formula is C7H7BrClNO2. The van der Waals surface area contributed by atoms with Crippen molar-refractivity contribution in [1.82, 2.24) is 4.98 Å². The quantitative estimate of drug-likeness (QED) is 0.875. The van der Waals surface area contributed by atoms with E-state index in [-0.39, 0.29) is 6.61 Å². The standard InChI is InChI=1S/C7H7BrClNO2/c1-12-7-4(3-11)6(9)5(8)2-10-7/h2,11H,3H2,1H3. The number of hydrogen-bond donors (Lipinski definition) is 1. The van der Waals surface area contributed by atoms with E-state index in [2.05, 4.69) is 20.9 Å². The Hall–Kier alpha value is -0.320. The van der Waals surface area contributed by atoms with Crippen LogP contribution in [0.15, 0.2) is 10.7 Å². The number of aliphatic hydroxyl groups is 1. The van der Waals surface area contributed by atoms with Crippen molar-refractivity contribution in [3.05, 3.63) is 21.3 Å². The molecule has 0 spiro atoms. The molecule has 0 bridgehead atoms. The van der Waals surface area contributed by atoms with Gasteiger partial charge in [-0.1, -0.05) is 11.6 Å². The van der Waals surface area contributed by atoms with E-state index in [1.807, 2.05) is 0 Å². The monoisotopic (exact) mass is 251 g/mol. The third kappa shape index (κ3) is 1.71. The second-order valence-electron chi connectivity index (χ2n) is 2.07. The first-order chi connectivity index (χ1) is 5.70. The maximum Gasteiger partial charge on any atom is 0.220 e. The van der Waals surface area contributed by atoms with Gasteiger partial charge in [0.05, 0.1) is 28.8 Å². The Balaban J connectivity index is 3.25. The molecule has 0 radical (unpaired) electrons. The van der Waals surface area contributed by atoms with Crippen LogP contribution in [0.5, 0.6) is 5.88 Å². The molecule has 12 heavy (non-hydrogen) atoms. The van der Waals surface area contributed by atoms with Crippen molar-refractivity contribution in [2.24, 2.45) is 0 Å². The van der Waals surface area contributed by atoms with Gasteiger partial charge in [0.1, 0.15) is 0 Å². The zero-order valence-corrected chi connectivity index (χ0v) is 8.68. The number of halogens is 2. The topological polar surface area (TPSA) is 42.4 Å². The smallest absolute Gasteiger partial charge is 0.220 e. The average molecular weight is 252 g/mol. The molecule has 0 aliphatic heterocycles. The highest BCUT2D eigenvalue weighted by Gasteiger charge is 2.10. The van der Waals surface area contributed by atoms with E-state index >= 15 is 0 Å². The van der Waals surface area contributed by atoms with E-state index in [1.54, 1.807) is 0 Å². The van der Waals surface area contributed by atoms with Crippen molar-refractivity contribution in [2.75, 3.05) is 7.11 Å². The minimum atomic E-state index is -0.186. The number of nitrogens with zero attached hydrogens (tertiary/aromatic N) is 1. The first kappa shape index (κ1) is 9.77. The number of hydrogen-bond acceptors (Lipinski definition) is 3. The van der Waals surface area contributed by atoms with Crippen LogP contribution in [0.1, 0.15) is 5.56 Å². The predicted octanol–water partition coefficient (Wildman–Crippen LogP) is 2.00. The highest BCUT2D eigenvalue weighted by atomic mass is 79.9. The van der Waals surface area contributed by atoms with E-state index in [0.29, 0.717) is 20.9 Å². The van der Waals surface area contributed by atoms with Gasteiger partial charge in [-0.3, -0.25) is 0 Å². The molecule has 3 nitrogen and oxygen atoms in total. The van der Waals surface area contributed by atoms with Gasteiger partial charge in [0.15, 0.2) is 0 Å². The fraction of sp³-hybridized carbons (Fsp3) is 0.286. The van der Waals surface area contributed by atoms with Crippen LogP contribution in [0.2, 0.25) is 5.02 Å². The minimum Gasteiger partial charge on any atom is -0.481 e. The van der Waals surface area contributed by atoms with Gasteiger partial charge in [-0.2, -0.15) is 0 Å². The average Bonchev–Trinajstić information content (AvgIpc) is 2.09. The van der Waals surface area contributed by atoms with E-state index < -0.39 is 0 Å². The third-order valence-electron chi connectivity index (χ3n) is 1.38. The normalized spacial score (nSPS) is 10.0. The summed E-state index contributed by atoms with van der Waals surface area (Å²) in [6, 6.07) is 0. The Morgan fingerprint density at radius 3 is 2.92 bits per heavy atom. The number of aromatic nitrogens is 1. The summed E-state index contributed by atoms with van der Waals surface area (Å²) >= 11 is 9.04. The summed E-state index contributed by atoms with van der Waals surface area (Å²) in [5.41, 5.74) is 0.494. The van der Waals surface area contributed by atoms with Crippen LogP contribution < -0.4 is 4.74 Å². The summed E-state index contributed by atoms with van der Waals surface area (Å²) < 4.78 is 5.54. The van der Waals surface area contributed by atoms with E-state index in [0.717, 1.165) is 0 Å². The molecule has 0 aromatic carbocycles. The molecule has 0 saturated carbocycles. The van der Waals surface area contributed by atoms with Gasteiger partial charge in [0, 0.05) is 6.20 Å². The number of aliphatic hydroxyl groups excluding tert-OH is 1. The Bertz CT molecular complexity index is 293.